The number of rotatable bonds is 14. The number of hydrogen-bond acceptors (Lipinski definition) is 8. The van der Waals surface area contributed by atoms with Crippen molar-refractivity contribution in [1.82, 2.24) is 10.7 Å². The van der Waals surface area contributed by atoms with Crippen LogP contribution in [-0.2, 0) is 22.6 Å². The van der Waals surface area contributed by atoms with Crippen molar-refractivity contribution in [2.75, 3.05) is 20.0 Å². The molecule has 0 aliphatic carbocycles. The van der Waals surface area contributed by atoms with E-state index in [0.29, 0.717) is 52.5 Å². The summed E-state index contributed by atoms with van der Waals surface area (Å²) in [5.41, 5.74) is 5.00. The molecule has 10 nitrogen and oxygen atoms in total. The minimum Gasteiger partial charge on any atom is -0.490 e. The summed E-state index contributed by atoms with van der Waals surface area (Å²) in [6.07, 6.45) is 1.76. The molecule has 0 bridgehead atoms. The van der Waals surface area contributed by atoms with E-state index in [1.165, 1.54) is 6.21 Å². The van der Waals surface area contributed by atoms with E-state index >= 15 is 0 Å². The lowest BCUT2D eigenvalue weighted by atomic mass is 10.1. The monoisotopic (exact) mass is 629 g/mol. The molecule has 2 amide bonds. The van der Waals surface area contributed by atoms with E-state index in [2.05, 4.69) is 15.8 Å². The fraction of sp³-hybridized carbons (Fsp3) is 0.206. The van der Waals surface area contributed by atoms with Crippen LogP contribution >= 0.6 is 11.6 Å². The van der Waals surface area contributed by atoms with Crippen LogP contribution in [0.1, 0.15) is 23.6 Å². The Morgan fingerprint density at radius 3 is 2.49 bits per heavy atom. The highest BCUT2D eigenvalue weighted by Crippen LogP contribution is 2.34. The van der Waals surface area contributed by atoms with E-state index in [4.69, 9.17) is 35.3 Å². The molecule has 1 aliphatic heterocycles. The summed E-state index contributed by atoms with van der Waals surface area (Å²) in [4.78, 5) is 25.8. The third-order valence-corrected chi connectivity index (χ3v) is 6.86. The van der Waals surface area contributed by atoms with Crippen LogP contribution in [0.15, 0.2) is 96.1 Å². The number of nitrogens with one attached hydrogen (secondary N) is 2. The molecule has 0 saturated heterocycles. The zero-order valence-electron chi connectivity index (χ0n) is 24.5. The second-order valence-corrected chi connectivity index (χ2v) is 10.3. The summed E-state index contributed by atoms with van der Waals surface area (Å²) >= 11 is 5.90. The lowest BCUT2D eigenvalue weighted by molar-refractivity contribution is -0.130. The van der Waals surface area contributed by atoms with Gasteiger partial charge in [-0.3, -0.25) is 9.59 Å². The van der Waals surface area contributed by atoms with E-state index in [9.17, 15) is 9.59 Å². The van der Waals surface area contributed by atoms with Gasteiger partial charge in [0.1, 0.15) is 18.4 Å². The molecule has 0 unspecified atom stereocenters. The molecule has 45 heavy (non-hydrogen) atoms. The molecule has 0 saturated carbocycles. The first-order chi connectivity index (χ1) is 22.0. The van der Waals surface area contributed by atoms with Gasteiger partial charge in [-0.05, 0) is 78.2 Å². The largest absolute Gasteiger partial charge is 0.490 e. The first-order valence-corrected chi connectivity index (χ1v) is 14.7. The standard InChI is InChI=1S/C34H32ClN3O7/c1-2-41-31-17-24(8-14-29(31)43-20-25-9-15-30-32(18-25)45-22-44-30)19-36-38-34(40)28(16-23-6-4-3-5-7-23)37-33(39)21-42-27-12-10-26(35)11-13-27/h3-15,17-19,28H,2,16,20-22H2,1H3,(H,37,39)(H,38,40)/b36-19-/t28-/m1/s1. The normalized spacial score (nSPS) is 12.4. The van der Waals surface area contributed by atoms with E-state index in [1.54, 1.807) is 42.5 Å². The van der Waals surface area contributed by atoms with Crippen LogP contribution in [0.2, 0.25) is 5.02 Å². The predicted molar refractivity (Wildman–Crippen MR) is 169 cm³/mol. The van der Waals surface area contributed by atoms with Crippen molar-refractivity contribution in [3.05, 3.63) is 113 Å². The molecular weight excluding hydrogens is 598 g/mol. The minimum atomic E-state index is -0.892. The Morgan fingerprint density at radius 2 is 1.69 bits per heavy atom. The van der Waals surface area contributed by atoms with Crippen LogP contribution in [0.4, 0.5) is 0 Å². The Hall–Kier alpha value is -5.22. The number of hydrazone groups is 1. The average molecular weight is 630 g/mol. The molecule has 232 valence electrons. The van der Waals surface area contributed by atoms with E-state index in [0.717, 1.165) is 11.1 Å². The molecule has 4 aromatic carbocycles. The number of amides is 2. The third kappa shape index (κ3) is 9.14. The van der Waals surface area contributed by atoms with E-state index in [-0.39, 0.29) is 19.8 Å². The van der Waals surface area contributed by atoms with Gasteiger partial charge >= 0.3 is 0 Å². The van der Waals surface area contributed by atoms with Gasteiger partial charge in [0.15, 0.2) is 29.6 Å². The molecule has 0 radical (unpaired) electrons. The molecule has 4 aromatic rings. The highest BCUT2D eigenvalue weighted by molar-refractivity contribution is 6.30. The van der Waals surface area contributed by atoms with Gasteiger partial charge in [-0.15, -0.1) is 0 Å². The number of fused-ring (bicyclic) bond motifs is 1. The zero-order chi connectivity index (χ0) is 31.4. The fourth-order valence-electron chi connectivity index (χ4n) is 4.41. The molecule has 0 aromatic heterocycles. The number of benzene rings is 4. The molecule has 0 spiro atoms. The Labute approximate surface area is 265 Å². The van der Waals surface area contributed by atoms with E-state index in [1.807, 2.05) is 55.5 Å². The average Bonchev–Trinajstić information content (AvgIpc) is 3.52. The maximum atomic E-state index is 13.1. The topological polar surface area (TPSA) is 117 Å². The van der Waals surface area contributed by atoms with Crippen LogP contribution in [0.25, 0.3) is 0 Å². The smallest absolute Gasteiger partial charge is 0.262 e. The second kappa shape index (κ2) is 15.5. The van der Waals surface area contributed by atoms with Gasteiger partial charge in [0.25, 0.3) is 11.8 Å². The SMILES string of the molecule is CCOc1cc(/C=N\NC(=O)[C@@H](Cc2ccccc2)NC(=O)COc2ccc(Cl)cc2)ccc1OCc1ccc2c(c1)OCO2. The summed E-state index contributed by atoms with van der Waals surface area (Å²) in [7, 11) is 0. The van der Waals surface area contributed by atoms with Crippen molar-refractivity contribution in [3.63, 3.8) is 0 Å². The van der Waals surface area contributed by atoms with Gasteiger partial charge in [0.05, 0.1) is 12.8 Å². The van der Waals surface area contributed by atoms with Gasteiger partial charge < -0.3 is 29.0 Å². The maximum Gasteiger partial charge on any atom is 0.262 e. The summed E-state index contributed by atoms with van der Waals surface area (Å²) in [5, 5.41) is 7.43. The van der Waals surface area contributed by atoms with Gasteiger partial charge in [-0.1, -0.05) is 48.0 Å². The molecule has 1 aliphatic rings. The second-order valence-electron chi connectivity index (χ2n) is 9.90. The van der Waals surface area contributed by atoms with Crippen LogP contribution in [-0.4, -0.2) is 44.1 Å². The van der Waals surface area contributed by atoms with Crippen LogP contribution < -0.4 is 34.4 Å². The Morgan fingerprint density at radius 1 is 0.889 bits per heavy atom. The number of ether oxygens (including phenoxy) is 5. The zero-order valence-corrected chi connectivity index (χ0v) is 25.3. The maximum absolute atomic E-state index is 13.1. The van der Waals surface area contributed by atoms with Gasteiger partial charge in [-0.2, -0.15) is 5.10 Å². The number of carbonyl (C=O) groups is 2. The molecule has 5 rings (SSSR count). The Kier molecular flexibility index (Phi) is 10.7. The Balaban J connectivity index is 1.20. The molecule has 1 atom stereocenters. The summed E-state index contributed by atoms with van der Waals surface area (Å²) in [5.74, 6) is 2.03. The molecule has 2 N–H and O–H groups in total. The van der Waals surface area contributed by atoms with Crippen molar-refractivity contribution < 1.29 is 33.3 Å². The van der Waals surface area contributed by atoms with Crippen molar-refractivity contribution in [1.29, 1.82) is 0 Å². The van der Waals surface area contributed by atoms with Crippen molar-refractivity contribution in [3.8, 4) is 28.7 Å². The first kappa shape index (κ1) is 31.2. The van der Waals surface area contributed by atoms with Crippen LogP contribution in [0.3, 0.4) is 0 Å². The van der Waals surface area contributed by atoms with E-state index < -0.39 is 17.9 Å². The summed E-state index contributed by atoms with van der Waals surface area (Å²) in [6, 6.07) is 26.1. The van der Waals surface area contributed by atoms with Crippen LogP contribution in [0, 0.1) is 0 Å². The number of halogens is 1. The number of carbonyl (C=O) groups excluding carboxylic acids is 2. The third-order valence-electron chi connectivity index (χ3n) is 6.61. The predicted octanol–water partition coefficient (Wildman–Crippen LogP) is 5.30. The van der Waals surface area contributed by atoms with Gasteiger partial charge in [0, 0.05) is 11.4 Å². The van der Waals surface area contributed by atoms with Crippen LogP contribution in [0.5, 0.6) is 28.7 Å². The number of hydrogen-bond donors (Lipinski definition) is 2. The van der Waals surface area contributed by atoms with Crippen molar-refractivity contribution in [2.24, 2.45) is 5.10 Å². The minimum absolute atomic E-state index is 0.208. The molecular formula is C34H32ClN3O7. The quantitative estimate of drug-likeness (QED) is 0.144. The highest BCUT2D eigenvalue weighted by atomic mass is 35.5. The van der Waals surface area contributed by atoms with Crippen molar-refractivity contribution in [2.45, 2.75) is 26.0 Å². The lowest BCUT2D eigenvalue weighted by Crippen LogP contribution is -2.48. The lowest BCUT2D eigenvalue weighted by Gasteiger charge is -2.17. The van der Waals surface area contributed by atoms with Gasteiger partial charge in [-0.25, -0.2) is 5.43 Å². The molecule has 11 heteroatoms. The molecule has 1 heterocycles. The van der Waals surface area contributed by atoms with Crippen molar-refractivity contribution >= 4 is 29.6 Å². The fourth-order valence-corrected chi connectivity index (χ4v) is 4.53. The first-order valence-electron chi connectivity index (χ1n) is 14.3. The van der Waals surface area contributed by atoms with Gasteiger partial charge in [0.2, 0.25) is 6.79 Å². The highest BCUT2D eigenvalue weighted by Gasteiger charge is 2.21. The summed E-state index contributed by atoms with van der Waals surface area (Å²) < 4.78 is 28.1. The number of nitrogens with zero attached hydrogens (tertiary/aromatic N) is 1. The summed E-state index contributed by atoms with van der Waals surface area (Å²) in [6.45, 7) is 2.55. The Bertz CT molecular complexity index is 1630. The molecule has 0 fully saturated rings.